The SMILES string of the molecule is O=C1/C(=C\c2cc(N=Nc3ccc(Cl)cc3Cl)ccc2O)SC(=S)N1c1cccc(C(F)(F)F)c1. The van der Waals surface area contributed by atoms with Crippen LogP contribution in [0.3, 0.4) is 0 Å². The maximum absolute atomic E-state index is 13.1. The Morgan fingerprint density at radius 3 is 2.51 bits per heavy atom. The van der Waals surface area contributed by atoms with Gasteiger partial charge >= 0.3 is 6.18 Å². The number of thiocarbonyl (C=S) groups is 1. The molecule has 0 radical (unpaired) electrons. The first-order chi connectivity index (χ1) is 16.5. The molecule has 0 aromatic heterocycles. The zero-order valence-corrected chi connectivity index (χ0v) is 20.4. The smallest absolute Gasteiger partial charge is 0.416 e. The number of rotatable bonds is 4. The van der Waals surface area contributed by atoms with Crippen molar-refractivity contribution in [2.45, 2.75) is 6.18 Å². The monoisotopic (exact) mass is 553 g/mol. The van der Waals surface area contributed by atoms with Gasteiger partial charge in [-0.15, -0.1) is 5.11 Å². The molecule has 0 unspecified atom stereocenters. The molecule has 1 aliphatic rings. The second-order valence-corrected chi connectivity index (χ2v) is 9.62. The van der Waals surface area contributed by atoms with Gasteiger partial charge in [0.05, 0.1) is 26.9 Å². The number of thioether (sulfide) groups is 1. The van der Waals surface area contributed by atoms with Crippen LogP contribution in [-0.2, 0) is 11.0 Å². The molecule has 0 saturated carbocycles. The number of amides is 1. The second-order valence-electron chi connectivity index (χ2n) is 7.10. The number of aromatic hydroxyl groups is 1. The molecular weight excluding hydrogens is 542 g/mol. The number of nitrogens with zero attached hydrogens (tertiary/aromatic N) is 3. The van der Waals surface area contributed by atoms with E-state index >= 15 is 0 Å². The fourth-order valence-corrected chi connectivity index (χ4v) is 4.78. The molecule has 1 saturated heterocycles. The molecule has 1 heterocycles. The van der Waals surface area contributed by atoms with Crippen molar-refractivity contribution < 1.29 is 23.1 Å². The number of alkyl halides is 3. The largest absolute Gasteiger partial charge is 0.507 e. The molecule has 4 rings (SSSR count). The molecule has 12 heteroatoms. The van der Waals surface area contributed by atoms with Gasteiger partial charge in [-0.3, -0.25) is 9.69 Å². The van der Waals surface area contributed by atoms with Crippen LogP contribution in [-0.4, -0.2) is 15.3 Å². The summed E-state index contributed by atoms with van der Waals surface area (Å²) in [6, 6.07) is 13.4. The number of benzene rings is 3. The molecule has 0 spiro atoms. The van der Waals surface area contributed by atoms with Crippen LogP contribution in [0.25, 0.3) is 6.08 Å². The first-order valence-corrected chi connectivity index (χ1v) is 11.7. The minimum atomic E-state index is -4.57. The molecule has 0 aliphatic carbocycles. The lowest BCUT2D eigenvalue weighted by molar-refractivity contribution is -0.137. The summed E-state index contributed by atoms with van der Waals surface area (Å²) >= 11 is 18.1. The molecule has 3 aromatic carbocycles. The van der Waals surface area contributed by atoms with Gasteiger partial charge < -0.3 is 5.11 Å². The molecule has 35 heavy (non-hydrogen) atoms. The first kappa shape index (κ1) is 25.2. The van der Waals surface area contributed by atoms with Crippen LogP contribution in [0.2, 0.25) is 10.0 Å². The normalized spacial score (nSPS) is 15.6. The van der Waals surface area contributed by atoms with Gasteiger partial charge in [0.1, 0.15) is 11.4 Å². The van der Waals surface area contributed by atoms with Gasteiger partial charge in [0.2, 0.25) is 0 Å². The lowest BCUT2D eigenvalue weighted by atomic mass is 10.1. The number of halogens is 5. The first-order valence-electron chi connectivity index (χ1n) is 9.68. The summed E-state index contributed by atoms with van der Waals surface area (Å²) in [7, 11) is 0. The van der Waals surface area contributed by atoms with Crippen LogP contribution in [0.5, 0.6) is 5.75 Å². The van der Waals surface area contributed by atoms with Gasteiger partial charge in [-0.05, 0) is 60.7 Å². The Kier molecular flexibility index (Phi) is 7.18. The minimum Gasteiger partial charge on any atom is -0.507 e. The van der Waals surface area contributed by atoms with E-state index in [1.54, 1.807) is 12.1 Å². The highest BCUT2D eigenvalue weighted by molar-refractivity contribution is 8.27. The number of anilines is 1. The molecule has 0 bridgehead atoms. The molecule has 1 aliphatic heterocycles. The number of carbonyl (C=O) groups is 1. The van der Waals surface area contributed by atoms with Gasteiger partial charge in [0, 0.05) is 10.6 Å². The van der Waals surface area contributed by atoms with Crippen molar-refractivity contribution in [2.75, 3.05) is 4.90 Å². The molecule has 1 fully saturated rings. The van der Waals surface area contributed by atoms with E-state index < -0.39 is 17.6 Å². The number of azo groups is 1. The summed E-state index contributed by atoms with van der Waals surface area (Å²) < 4.78 is 39.4. The molecule has 178 valence electrons. The van der Waals surface area contributed by atoms with E-state index in [2.05, 4.69) is 10.2 Å². The third-order valence-electron chi connectivity index (χ3n) is 4.71. The average Bonchev–Trinajstić information content (AvgIpc) is 3.07. The van der Waals surface area contributed by atoms with Crippen LogP contribution in [0.4, 0.5) is 30.2 Å². The Hall–Kier alpha value is -2.92. The molecule has 1 N–H and O–H groups in total. The van der Waals surface area contributed by atoms with Crippen molar-refractivity contribution in [3.8, 4) is 5.75 Å². The Morgan fingerprint density at radius 2 is 1.80 bits per heavy atom. The fourth-order valence-electron chi connectivity index (χ4n) is 3.05. The Balaban J connectivity index is 1.62. The molecule has 5 nitrogen and oxygen atoms in total. The predicted octanol–water partition coefficient (Wildman–Crippen LogP) is 8.54. The second kappa shape index (κ2) is 9.98. The zero-order chi connectivity index (χ0) is 25.3. The van der Waals surface area contributed by atoms with Crippen molar-refractivity contribution in [3.05, 3.63) is 86.7 Å². The highest BCUT2D eigenvalue weighted by Crippen LogP contribution is 2.39. The maximum Gasteiger partial charge on any atom is 0.416 e. The van der Waals surface area contributed by atoms with Crippen LogP contribution < -0.4 is 4.90 Å². The fraction of sp³-hybridized carbons (Fsp3) is 0.0435. The zero-order valence-electron chi connectivity index (χ0n) is 17.3. The van der Waals surface area contributed by atoms with Crippen molar-refractivity contribution in [1.82, 2.24) is 0 Å². The number of phenols is 1. The van der Waals surface area contributed by atoms with Crippen molar-refractivity contribution in [2.24, 2.45) is 10.2 Å². The number of carbonyl (C=O) groups excluding carboxylic acids is 1. The van der Waals surface area contributed by atoms with Gasteiger partial charge in [0.15, 0.2) is 4.32 Å². The number of hydrogen-bond donors (Lipinski definition) is 1. The van der Waals surface area contributed by atoms with Crippen molar-refractivity contribution >= 4 is 80.5 Å². The maximum atomic E-state index is 13.1. The lowest BCUT2D eigenvalue weighted by Gasteiger charge is -2.16. The average molecular weight is 554 g/mol. The van der Waals surface area contributed by atoms with Gasteiger partial charge in [-0.25, -0.2) is 0 Å². The summed E-state index contributed by atoms with van der Waals surface area (Å²) in [6.07, 6.45) is -3.18. The topological polar surface area (TPSA) is 65.3 Å². The molecule has 0 atom stereocenters. The Bertz CT molecular complexity index is 1410. The molecular formula is C23H12Cl2F3N3O2S2. The summed E-state index contributed by atoms with van der Waals surface area (Å²) in [4.78, 5) is 14.1. The van der Waals surface area contributed by atoms with Crippen LogP contribution >= 0.6 is 47.2 Å². The molecule has 1 amide bonds. The molecule has 3 aromatic rings. The summed E-state index contributed by atoms with van der Waals surface area (Å²) in [6.45, 7) is 0. The lowest BCUT2D eigenvalue weighted by Crippen LogP contribution is -2.27. The van der Waals surface area contributed by atoms with Crippen LogP contribution in [0.15, 0.2) is 75.8 Å². The van der Waals surface area contributed by atoms with E-state index in [1.165, 1.54) is 42.5 Å². The predicted molar refractivity (Wildman–Crippen MR) is 136 cm³/mol. The summed E-state index contributed by atoms with van der Waals surface area (Å²) in [5.41, 5.74) is 0.0798. The van der Waals surface area contributed by atoms with E-state index in [0.717, 1.165) is 28.8 Å². The van der Waals surface area contributed by atoms with E-state index in [1.807, 2.05) is 0 Å². The van der Waals surface area contributed by atoms with E-state index in [-0.39, 0.29) is 26.2 Å². The standard InChI is InChI=1S/C23H12Cl2F3N3O2S2/c24-14-4-6-18(17(25)11-14)30-29-15-5-7-19(32)12(8-15)9-20-21(33)31(22(34)35-20)16-3-1-2-13(10-16)23(26,27)28/h1-11,32H/b20-9+,30-29?. The number of phenolic OH excluding ortho intramolecular Hbond substituents is 1. The third kappa shape index (κ3) is 5.67. The van der Waals surface area contributed by atoms with E-state index in [0.29, 0.717) is 21.4 Å². The van der Waals surface area contributed by atoms with E-state index in [9.17, 15) is 23.1 Å². The van der Waals surface area contributed by atoms with Crippen LogP contribution in [0.1, 0.15) is 11.1 Å². The Labute approximate surface area is 216 Å². The van der Waals surface area contributed by atoms with Gasteiger partial charge in [-0.2, -0.15) is 18.3 Å². The minimum absolute atomic E-state index is 0.00246. The highest BCUT2D eigenvalue weighted by atomic mass is 35.5. The van der Waals surface area contributed by atoms with Crippen molar-refractivity contribution in [1.29, 1.82) is 0 Å². The van der Waals surface area contributed by atoms with Gasteiger partial charge in [0.25, 0.3) is 5.91 Å². The highest BCUT2D eigenvalue weighted by Gasteiger charge is 2.36. The van der Waals surface area contributed by atoms with Gasteiger partial charge in [-0.1, -0.05) is 53.2 Å². The number of hydrogen-bond acceptors (Lipinski definition) is 6. The Morgan fingerprint density at radius 1 is 1.03 bits per heavy atom. The third-order valence-corrected chi connectivity index (χ3v) is 6.55. The van der Waals surface area contributed by atoms with E-state index in [4.69, 9.17) is 35.4 Å². The van der Waals surface area contributed by atoms with Crippen LogP contribution in [0, 0.1) is 0 Å². The quantitative estimate of drug-likeness (QED) is 0.199. The summed E-state index contributed by atoms with van der Waals surface area (Å²) in [5.74, 6) is -0.753. The summed E-state index contributed by atoms with van der Waals surface area (Å²) in [5, 5.41) is 19.2. The van der Waals surface area contributed by atoms with Crippen molar-refractivity contribution in [3.63, 3.8) is 0 Å².